The van der Waals surface area contributed by atoms with Crippen LogP contribution >= 0.6 is 0 Å². The Morgan fingerprint density at radius 3 is 2.64 bits per heavy atom. The average Bonchev–Trinajstić information content (AvgIpc) is 2.46. The molecular weight excluding hydrogens is 176 g/mol. The van der Waals surface area contributed by atoms with Crippen molar-refractivity contribution in [2.75, 3.05) is 13.2 Å². The molecule has 1 heterocycles. The van der Waals surface area contributed by atoms with Crippen LogP contribution in [0.2, 0.25) is 0 Å². The Hall–Kier alpha value is -0.570. The lowest BCUT2D eigenvalue weighted by Crippen LogP contribution is -2.38. The summed E-state index contributed by atoms with van der Waals surface area (Å²) in [5.74, 6) is 0.671. The zero-order chi connectivity index (χ0) is 10.8. The summed E-state index contributed by atoms with van der Waals surface area (Å²) < 4.78 is 5.76. The van der Waals surface area contributed by atoms with Crippen LogP contribution in [-0.2, 0) is 4.74 Å². The Morgan fingerprint density at radius 2 is 2.14 bits per heavy atom. The lowest BCUT2D eigenvalue weighted by Gasteiger charge is -2.28. The molecule has 0 spiro atoms. The van der Waals surface area contributed by atoms with Gasteiger partial charge in [-0.15, -0.1) is 0 Å². The second-order valence-corrected chi connectivity index (χ2v) is 5.00. The van der Waals surface area contributed by atoms with E-state index in [0.717, 1.165) is 19.6 Å². The predicted octanol–water partition coefficient (Wildman–Crippen LogP) is 2.26. The Labute approximate surface area is 86.9 Å². The third-order valence-corrected chi connectivity index (χ3v) is 2.52. The maximum absolute atomic E-state index is 7.63. The third kappa shape index (κ3) is 3.29. The van der Waals surface area contributed by atoms with Crippen molar-refractivity contribution in [1.82, 2.24) is 4.90 Å². The van der Waals surface area contributed by atoms with Gasteiger partial charge in [0, 0.05) is 6.54 Å². The highest BCUT2D eigenvalue weighted by molar-refractivity contribution is 5.76. The highest BCUT2D eigenvalue weighted by atomic mass is 16.5. The van der Waals surface area contributed by atoms with Crippen molar-refractivity contribution >= 4 is 5.84 Å². The van der Waals surface area contributed by atoms with E-state index in [1.54, 1.807) is 0 Å². The number of rotatable bonds is 2. The van der Waals surface area contributed by atoms with Crippen molar-refractivity contribution < 1.29 is 4.74 Å². The second-order valence-electron chi connectivity index (χ2n) is 5.00. The molecule has 0 aromatic heterocycles. The summed E-state index contributed by atoms with van der Waals surface area (Å²) in [4.78, 5) is 2.14. The Kier molecular flexibility index (Phi) is 3.53. The van der Waals surface area contributed by atoms with Gasteiger partial charge in [0.15, 0.2) is 0 Å². The first-order valence-electron chi connectivity index (χ1n) is 5.36. The van der Waals surface area contributed by atoms with Crippen LogP contribution in [0.3, 0.4) is 0 Å². The minimum absolute atomic E-state index is 0.0653. The molecule has 0 aromatic rings. The maximum Gasteiger partial charge on any atom is 0.0929 e. The third-order valence-electron chi connectivity index (χ3n) is 2.52. The van der Waals surface area contributed by atoms with Gasteiger partial charge >= 0.3 is 0 Å². The van der Waals surface area contributed by atoms with Gasteiger partial charge in [0.1, 0.15) is 0 Å². The van der Waals surface area contributed by atoms with E-state index in [-0.39, 0.29) is 5.60 Å². The van der Waals surface area contributed by atoms with Crippen LogP contribution < -0.4 is 0 Å². The summed E-state index contributed by atoms with van der Waals surface area (Å²) in [5.41, 5.74) is -0.0653. The zero-order valence-electron chi connectivity index (χ0n) is 9.76. The molecule has 1 aliphatic rings. The van der Waals surface area contributed by atoms with E-state index in [1.165, 1.54) is 6.42 Å². The standard InChI is InChI=1S/C11H22N2O/c1-9(12)13-7-5-6-10(13)8-14-11(2,3)4/h10,12H,5-8H2,1-4H3. The minimum atomic E-state index is -0.0653. The van der Waals surface area contributed by atoms with Gasteiger partial charge in [-0.25, -0.2) is 0 Å². The summed E-state index contributed by atoms with van der Waals surface area (Å²) in [6.45, 7) is 9.85. The molecule has 0 saturated carbocycles. The fourth-order valence-electron chi connectivity index (χ4n) is 1.80. The van der Waals surface area contributed by atoms with Crippen LogP contribution in [0.15, 0.2) is 0 Å². The van der Waals surface area contributed by atoms with E-state index in [1.807, 2.05) is 6.92 Å². The molecule has 0 aromatic carbocycles. The number of likely N-dealkylation sites (tertiary alicyclic amines) is 1. The highest BCUT2D eigenvalue weighted by Crippen LogP contribution is 2.19. The molecule has 14 heavy (non-hydrogen) atoms. The Morgan fingerprint density at radius 1 is 1.50 bits per heavy atom. The molecular formula is C11H22N2O. The van der Waals surface area contributed by atoms with E-state index in [9.17, 15) is 0 Å². The molecule has 0 bridgehead atoms. The topological polar surface area (TPSA) is 36.3 Å². The van der Waals surface area contributed by atoms with Gasteiger partial charge in [0.2, 0.25) is 0 Å². The first-order valence-corrected chi connectivity index (χ1v) is 5.36. The molecule has 1 fully saturated rings. The number of amidine groups is 1. The number of hydrogen-bond donors (Lipinski definition) is 1. The molecule has 1 unspecified atom stereocenters. The van der Waals surface area contributed by atoms with E-state index in [0.29, 0.717) is 11.9 Å². The number of ether oxygens (including phenoxy) is 1. The first kappa shape index (κ1) is 11.5. The van der Waals surface area contributed by atoms with Crippen LogP contribution in [0, 0.1) is 5.41 Å². The predicted molar refractivity (Wildman–Crippen MR) is 58.8 cm³/mol. The van der Waals surface area contributed by atoms with Crippen LogP contribution in [0.5, 0.6) is 0 Å². The molecule has 0 aliphatic carbocycles. The number of hydrogen-bond acceptors (Lipinski definition) is 2. The monoisotopic (exact) mass is 198 g/mol. The zero-order valence-corrected chi connectivity index (χ0v) is 9.76. The fraction of sp³-hybridized carbons (Fsp3) is 0.909. The normalized spacial score (nSPS) is 22.9. The quantitative estimate of drug-likeness (QED) is 0.546. The fourth-order valence-corrected chi connectivity index (χ4v) is 1.80. The molecule has 1 aliphatic heterocycles. The van der Waals surface area contributed by atoms with E-state index in [2.05, 4.69) is 25.7 Å². The molecule has 1 rings (SSSR count). The first-order chi connectivity index (χ1) is 6.40. The Bertz CT molecular complexity index is 208. The molecule has 1 saturated heterocycles. The lowest BCUT2D eigenvalue weighted by molar-refractivity contribution is -0.0211. The van der Waals surface area contributed by atoms with Gasteiger partial charge in [-0.3, -0.25) is 5.41 Å². The van der Waals surface area contributed by atoms with Crippen LogP contribution in [0.1, 0.15) is 40.5 Å². The second kappa shape index (κ2) is 4.30. The van der Waals surface area contributed by atoms with Crippen molar-refractivity contribution in [2.45, 2.75) is 52.2 Å². The molecule has 0 amide bonds. The van der Waals surface area contributed by atoms with Gasteiger partial charge < -0.3 is 9.64 Å². The summed E-state index contributed by atoms with van der Waals surface area (Å²) in [5, 5.41) is 7.63. The van der Waals surface area contributed by atoms with Crippen molar-refractivity contribution in [1.29, 1.82) is 5.41 Å². The smallest absolute Gasteiger partial charge is 0.0929 e. The largest absolute Gasteiger partial charge is 0.374 e. The minimum Gasteiger partial charge on any atom is -0.374 e. The molecule has 1 N–H and O–H groups in total. The molecule has 0 radical (unpaired) electrons. The lowest BCUT2D eigenvalue weighted by atomic mass is 10.2. The van der Waals surface area contributed by atoms with Gasteiger partial charge in [-0.2, -0.15) is 0 Å². The Balaban J connectivity index is 2.40. The van der Waals surface area contributed by atoms with Crippen molar-refractivity contribution in [2.24, 2.45) is 0 Å². The summed E-state index contributed by atoms with van der Waals surface area (Å²) in [6, 6.07) is 0.423. The maximum atomic E-state index is 7.63. The van der Waals surface area contributed by atoms with E-state index < -0.39 is 0 Å². The average molecular weight is 198 g/mol. The van der Waals surface area contributed by atoms with E-state index >= 15 is 0 Å². The van der Waals surface area contributed by atoms with Gasteiger partial charge in [0.05, 0.1) is 24.1 Å². The van der Waals surface area contributed by atoms with Crippen LogP contribution in [-0.4, -0.2) is 35.5 Å². The SMILES string of the molecule is CC(=N)N1CCCC1COC(C)(C)C. The van der Waals surface area contributed by atoms with Crippen LogP contribution in [0.25, 0.3) is 0 Å². The molecule has 3 nitrogen and oxygen atoms in total. The highest BCUT2D eigenvalue weighted by Gasteiger charge is 2.26. The van der Waals surface area contributed by atoms with Crippen LogP contribution in [0.4, 0.5) is 0 Å². The van der Waals surface area contributed by atoms with Gasteiger partial charge in [-0.05, 0) is 40.5 Å². The molecule has 82 valence electrons. The van der Waals surface area contributed by atoms with Crippen molar-refractivity contribution in [3.8, 4) is 0 Å². The van der Waals surface area contributed by atoms with Gasteiger partial charge in [-0.1, -0.05) is 0 Å². The summed E-state index contributed by atoms with van der Waals surface area (Å²) >= 11 is 0. The summed E-state index contributed by atoms with van der Waals surface area (Å²) in [7, 11) is 0. The number of nitrogens with zero attached hydrogens (tertiary/aromatic N) is 1. The van der Waals surface area contributed by atoms with E-state index in [4.69, 9.17) is 10.1 Å². The summed E-state index contributed by atoms with van der Waals surface area (Å²) in [6.07, 6.45) is 2.35. The molecule has 3 heteroatoms. The molecule has 1 atom stereocenters. The van der Waals surface area contributed by atoms with Gasteiger partial charge in [0.25, 0.3) is 0 Å². The van der Waals surface area contributed by atoms with Crippen molar-refractivity contribution in [3.05, 3.63) is 0 Å². The number of nitrogens with one attached hydrogen (secondary N) is 1. The van der Waals surface area contributed by atoms with Crippen molar-refractivity contribution in [3.63, 3.8) is 0 Å².